The molecule has 0 atom stereocenters. The van der Waals surface area contributed by atoms with Crippen molar-refractivity contribution in [1.82, 2.24) is 20.3 Å². The summed E-state index contributed by atoms with van der Waals surface area (Å²) in [6.07, 6.45) is 4.89. The smallest absolute Gasteiger partial charge is 0.273 e. The lowest BCUT2D eigenvalue weighted by molar-refractivity contribution is 0.0879. The van der Waals surface area contributed by atoms with Crippen molar-refractivity contribution in [2.75, 3.05) is 0 Å². The Labute approximate surface area is 109 Å². The number of hydrogen-bond acceptors (Lipinski definition) is 5. The largest absolute Gasteiger partial charge is 0.390 e. The van der Waals surface area contributed by atoms with Gasteiger partial charge in [-0.2, -0.15) is 5.10 Å². The van der Waals surface area contributed by atoms with Crippen LogP contribution >= 0.6 is 0 Å². The molecule has 0 radical (unpaired) electrons. The molecule has 2 heterocycles. The van der Waals surface area contributed by atoms with E-state index >= 15 is 0 Å². The van der Waals surface area contributed by atoms with Gasteiger partial charge in [-0.3, -0.25) is 9.48 Å². The van der Waals surface area contributed by atoms with E-state index in [2.05, 4.69) is 20.1 Å². The van der Waals surface area contributed by atoms with E-state index in [-0.39, 0.29) is 24.6 Å². The first-order valence-electron chi connectivity index (χ1n) is 6.12. The molecule has 2 N–H and O–H groups in total. The van der Waals surface area contributed by atoms with Crippen molar-refractivity contribution in [1.29, 1.82) is 0 Å². The number of amides is 1. The van der Waals surface area contributed by atoms with Gasteiger partial charge in [-0.1, -0.05) is 5.16 Å². The summed E-state index contributed by atoms with van der Waals surface area (Å²) >= 11 is 0. The predicted molar refractivity (Wildman–Crippen MR) is 64.2 cm³/mol. The van der Waals surface area contributed by atoms with E-state index in [1.165, 1.54) is 12.3 Å². The molecule has 100 valence electrons. The third-order valence-electron chi connectivity index (χ3n) is 3.32. The van der Waals surface area contributed by atoms with Crippen LogP contribution in [0.2, 0.25) is 0 Å². The summed E-state index contributed by atoms with van der Waals surface area (Å²) in [5.41, 5.74) is 0.959. The minimum Gasteiger partial charge on any atom is -0.390 e. The van der Waals surface area contributed by atoms with Gasteiger partial charge in [-0.05, 0) is 18.9 Å². The number of hydrogen-bond donors (Lipinski definition) is 2. The highest BCUT2D eigenvalue weighted by Crippen LogP contribution is 2.31. The van der Waals surface area contributed by atoms with Crippen molar-refractivity contribution in [3.63, 3.8) is 0 Å². The number of aliphatic hydroxyl groups is 1. The lowest BCUT2D eigenvalue weighted by atomic mass is 9.87. The number of nitrogens with zero attached hydrogens (tertiary/aromatic N) is 3. The molecule has 0 saturated heterocycles. The molecule has 1 aliphatic rings. The standard InChI is InChI=1S/C12H14N4O3/c17-7-8-1-3-16(14-8)10-5-9(6-10)13-12(18)11-2-4-19-15-11/h1-4,9-10,17H,5-7H2,(H,13,18). The van der Waals surface area contributed by atoms with Crippen molar-refractivity contribution in [2.24, 2.45) is 0 Å². The Hall–Kier alpha value is -2.15. The molecule has 2 aromatic heterocycles. The van der Waals surface area contributed by atoms with Gasteiger partial charge in [0.1, 0.15) is 6.26 Å². The summed E-state index contributed by atoms with van der Waals surface area (Å²) in [5, 5.41) is 19.7. The highest BCUT2D eigenvalue weighted by atomic mass is 16.5. The maximum absolute atomic E-state index is 11.7. The Morgan fingerprint density at radius 3 is 3.00 bits per heavy atom. The Morgan fingerprint density at radius 2 is 2.37 bits per heavy atom. The van der Waals surface area contributed by atoms with Crippen molar-refractivity contribution in [2.45, 2.75) is 31.5 Å². The molecule has 0 spiro atoms. The summed E-state index contributed by atoms with van der Waals surface area (Å²) in [6, 6.07) is 3.74. The molecule has 0 unspecified atom stereocenters. The van der Waals surface area contributed by atoms with E-state index in [4.69, 9.17) is 5.11 Å². The van der Waals surface area contributed by atoms with Gasteiger partial charge in [0.25, 0.3) is 5.91 Å². The van der Waals surface area contributed by atoms with Crippen LogP contribution in [0.3, 0.4) is 0 Å². The maximum Gasteiger partial charge on any atom is 0.273 e. The number of aromatic nitrogens is 3. The normalized spacial score (nSPS) is 21.9. The molecule has 7 nitrogen and oxygen atoms in total. The molecule has 0 bridgehead atoms. The quantitative estimate of drug-likeness (QED) is 0.836. The third-order valence-corrected chi connectivity index (χ3v) is 3.32. The molecular formula is C12H14N4O3. The zero-order chi connectivity index (χ0) is 13.2. The van der Waals surface area contributed by atoms with Crippen LogP contribution in [0.1, 0.15) is 35.1 Å². The summed E-state index contributed by atoms with van der Waals surface area (Å²) in [4.78, 5) is 11.7. The van der Waals surface area contributed by atoms with Crippen LogP contribution in [0.25, 0.3) is 0 Å². The summed E-state index contributed by atoms with van der Waals surface area (Å²) in [6.45, 7) is -0.0496. The molecule has 1 fully saturated rings. The van der Waals surface area contributed by atoms with Crippen LogP contribution in [0, 0.1) is 0 Å². The van der Waals surface area contributed by atoms with Crippen LogP contribution in [0.4, 0.5) is 0 Å². The molecule has 1 amide bonds. The van der Waals surface area contributed by atoms with E-state index in [1.807, 2.05) is 10.9 Å². The van der Waals surface area contributed by atoms with Crippen LogP contribution < -0.4 is 5.32 Å². The zero-order valence-electron chi connectivity index (χ0n) is 10.2. The number of aliphatic hydroxyl groups excluding tert-OH is 1. The Morgan fingerprint density at radius 1 is 1.53 bits per heavy atom. The summed E-state index contributed by atoms with van der Waals surface area (Å²) < 4.78 is 6.46. The average Bonchev–Trinajstić information content (AvgIpc) is 3.03. The second kappa shape index (κ2) is 4.85. The van der Waals surface area contributed by atoms with Crippen LogP contribution in [0.5, 0.6) is 0 Å². The fourth-order valence-corrected chi connectivity index (χ4v) is 2.18. The van der Waals surface area contributed by atoms with E-state index in [0.29, 0.717) is 11.4 Å². The Bertz CT molecular complexity index is 557. The van der Waals surface area contributed by atoms with Crippen molar-refractivity contribution >= 4 is 5.91 Å². The minimum atomic E-state index is -0.214. The SMILES string of the molecule is O=C(NC1CC(n2ccc(CO)n2)C1)c1ccon1. The number of carbonyl (C=O) groups is 1. The molecule has 0 aromatic carbocycles. The fraction of sp³-hybridized carbons (Fsp3) is 0.417. The topological polar surface area (TPSA) is 93.2 Å². The molecule has 1 aliphatic carbocycles. The maximum atomic E-state index is 11.7. The summed E-state index contributed by atoms with van der Waals surface area (Å²) in [5.74, 6) is -0.214. The second-order valence-electron chi connectivity index (χ2n) is 4.63. The van der Waals surface area contributed by atoms with E-state index in [1.54, 1.807) is 6.07 Å². The van der Waals surface area contributed by atoms with Gasteiger partial charge in [0.2, 0.25) is 0 Å². The molecule has 7 heteroatoms. The number of nitrogens with one attached hydrogen (secondary N) is 1. The third kappa shape index (κ3) is 2.37. The van der Waals surface area contributed by atoms with Gasteiger partial charge in [0.05, 0.1) is 18.3 Å². The number of rotatable bonds is 4. The lowest BCUT2D eigenvalue weighted by Gasteiger charge is -2.35. The number of carbonyl (C=O) groups excluding carboxylic acids is 1. The zero-order valence-corrected chi connectivity index (χ0v) is 10.2. The van der Waals surface area contributed by atoms with E-state index < -0.39 is 0 Å². The van der Waals surface area contributed by atoms with Gasteiger partial charge in [0, 0.05) is 18.3 Å². The molecular weight excluding hydrogens is 248 g/mol. The van der Waals surface area contributed by atoms with Gasteiger partial charge in [0.15, 0.2) is 5.69 Å². The van der Waals surface area contributed by atoms with Crippen LogP contribution in [-0.4, -0.2) is 32.0 Å². The first-order chi connectivity index (χ1) is 9.26. The van der Waals surface area contributed by atoms with Crippen LogP contribution in [0.15, 0.2) is 29.1 Å². The molecule has 0 aliphatic heterocycles. The molecule has 19 heavy (non-hydrogen) atoms. The Balaban J connectivity index is 1.51. The Kier molecular flexibility index (Phi) is 3.04. The highest BCUT2D eigenvalue weighted by molar-refractivity contribution is 5.92. The van der Waals surface area contributed by atoms with Crippen molar-refractivity contribution < 1.29 is 14.4 Å². The first-order valence-corrected chi connectivity index (χ1v) is 6.12. The molecule has 3 rings (SSSR count). The highest BCUT2D eigenvalue weighted by Gasteiger charge is 2.32. The average molecular weight is 262 g/mol. The minimum absolute atomic E-state index is 0.0496. The van der Waals surface area contributed by atoms with Crippen molar-refractivity contribution in [3.8, 4) is 0 Å². The monoisotopic (exact) mass is 262 g/mol. The second-order valence-corrected chi connectivity index (χ2v) is 4.63. The lowest BCUT2D eigenvalue weighted by Crippen LogP contribution is -2.45. The fourth-order valence-electron chi connectivity index (χ4n) is 2.18. The van der Waals surface area contributed by atoms with Gasteiger partial charge < -0.3 is 14.9 Å². The van der Waals surface area contributed by atoms with Gasteiger partial charge in [-0.15, -0.1) is 0 Å². The van der Waals surface area contributed by atoms with Gasteiger partial charge >= 0.3 is 0 Å². The molecule has 2 aromatic rings. The van der Waals surface area contributed by atoms with Crippen LogP contribution in [-0.2, 0) is 6.61 Å². The molecule has 1 saturated carbocycles. The van der Waals surface area contributed by atoms with Gasteiger partial charge in [-0.25, -0.2) is 0 Å². The van der Waals surface area contributed by atoms with E-state index in [9.17, 15) is 4.79 Å². The summed E-state index contributed by atoms with van der Waals surface area (Å²) in [7, 11) is 0. The van der Waals surface area contributed by atoms with E-state index in [0.717, 1.165) is 12.8 Å². The first kappa shape index (κ1) is 11.9. The van der Waals surface area contributed by atoms with Crippen molar-refractivity contribution in [3.05, 3.63) is 36.0 Å². The predicted octanol–water partition coefficient (Wildman–Crippen LogP) is 0.497.